The van der Waals surface area contributed by atoms with Gasteiger partial charge in [-0.2, -0.15) is 0 Å². The van der Waals surface area contributed by atoms with Crippen molar-refractivity contribution in [3.05, 3.63) is 34.9 Å². The molecule has 4 nitrogen and oxygen atoms in total. The number of nitrogens with two attached hydrogens (primary N) is 1. The van der Waals surface area contributed by atoms with E-state index in [0.29, 0.717) is 6.54 Å². The zero-order chi connectivity index (χ0) is 14.8. The summed E-state index contributed by atoms with van der Waals surface area (Å²) in [7, 11) is 1.73. The number of amides is 1. The van der Waals surface area contributed by atoms with Crippen LogP contribution in [0.1, 0.15) is 40.7 Å². The summed E-state index contributed by atoms with van der Waals surface area (Å²) >= 11 is 0. The average molecular weight is 288 g/mol. The Kier molecular flexibility index (Phi) is 4.27. The zero-order valence-corrected chi connectivity index (χ0v) is 12.7. The number of carbonyl (C=O) groups is 1. The topological polar surface area (TPSA) is 55.6 Å². The first-order valence-corrected chi connectivity index (χ1v) is 7.88. The monoisotopic (exact) mass is 288 g/mol. The normalized spacial score (nSPS) is 25.0. The lowest BCUT2D eigenvalue weighted by Crippen LogP contribution is -2.51. The molecule has 2 unspecified atom stereocenters. The van der Waals surface area contributed by atoms with E-state index in [1.54, 1.807) is 7.11 Å². The average Bonchev–Trinajstić information content (AvgIpc) is 3.01. The van der Waals surface area contributed by atoms with Gasteiger partial charge in [-0.15, -0.1) is 0 Å². The highest BCUT2D eigenvalue weighted by atomic mass is 16.5. The summed E-state index contributed by atoms with van der Waals surface area (Å²) in [6.45, 7) is 1.23. The van der Waals surface area contributed by atoms with E-state index in [2.05, 4.69) is 12.1 Å². The number of hydrogen-bond acceptors (Lipinski definition) is 3. The molecule has 1 aliphatic heterocycles. The second-order valence-corrected chi connectivity index (χ2v) is 6.11. The molecule has 2 atom stereocenters. The summed E-state index contributed by atoms with van der Waals surface area (Å²) in [5.41, 5.74) is 9.42. The molecule has 1 fully saturated rings. The molecule has 0 bridgehead atoms. The fourth-order valence-electron chi connectivity index (χ4n) is 3.59. The Morgan fingerprint density at radius 3 is 2.95 bits per heavy atom. The summed E-state index contributed by atoms with van der Waals surface area (Å²) in [4.78, 5) is 14.7. The largest absolute Gasteiger partial charge is 0.381 e. The van der Waals surface area contributed by atoms with Gasteiger partial charge in [0.05, 0.1) is 6.10 Å². The van der Waals surface area contributed by atoms with Crippen LogP contribution in [-0.2, 0) is 17.6 Å². The van der Waals surface area contributed by atoms with Crippen LogP contribution in [0.3, 0.4) is 0 Å². The van der Waals surface area contributed by atoms with E-state index in [9.17, 15) is 4.79 Å². The van der Waals surface area contributed by atoms with Crippen molar-refractivity contribution in [3.63, 3.8) is 0 Å². The number of ether oxygens (including phenoxy) is 1. The van der Waals surface area contributed by atoms with Crippen LogP contribution in [0, 0.1) is 0 Å². The number of nitrogens with zero attached hydrogens (tertiary/aromatic N) is 1. The number of piperidine rings is 1. The van der Waals surface area contributed by atoms with Gasteiger partial charge in [-0.25, -0.2) is 0 Å². The highest BCUT2D eigenvalue weighted by Gasteiger charge is 2.31. The molecule has 3 rings (SSSR count). The minimum Gasteiger partial charge on any atom is -0.381 e. The van der Waals surface area contributed by atoms with Gasteiger partial charge in [0.1, 0.15) is 0 Å². The van der Waals surface area contributed by atoms with Crippen molar-refractivity contribution in [1.82, 2.24) is 4.90 Å². The van der Waals surface area contributed by atoms with Crippen molar-refractivity contribution in [2.24, 2.45) is 5.73 Å². The van der Waals surface area contributed by atoms with E-state index < -0.39 is 0 Å². The van der Waals surface area contributed by atoms with Crippen LogP contribution >= 0.6 is 0 Å². The van der Waals surface area contributed by atoms with E-state index in [4.69, 9.17) is 10.5 Å². The number of hydrogen-bond donors (Lipinski definition) is 1. The molecule has 1 saturated heterocycles. The molecular formula is C17H24N2O2. The third-order valence-electron chi connectivity index (χ3n) is 4.88. The van der Waals surface area contributed by atoms with Gasteiger partial charge in [-0.1, -0.05) is 6.07 Å². The molecule has 0 radical (unpaired) electrons. The molecule has 1 heterocycles. The van der Waals surface area contributed by atoms with E-state index >= 15 is 0 Å². The van der Waals surface area contributed by atoms with E-state index in [0.717, 1.165) is 37.8 Å². The van der Waals surface area contributed by atoms with Gasteiger partial charge < -0.3 is 15.4 Å². The third kappa shape index (κ3) is 2.83. The number of aryl methyl sites for hydroxylation is 2. The van der Waals surface area contributed by atoms with Crippen LogP contribution in [-0.4, -0.2) is 43.2 Å². The van der Waals surface area contributed by atoms with Crippen LogP contribution in [0.5, 0.6) is 0 Å². The van der Waals surface area contributed by atoms with Gasteiger partial charge in [-0.05, 0) is 55.4 Å². The number of methoxy groups -OCH3 is 1. The Labute approximate surface area is 126 Å². The van der Waals surface area contributed by atoms with E-state index in [1.165, 1.54) is 17.5 Å². The Morgan fingerprint density at radius 1 is 1.38 bits per heavy atom. The summed E-state index contributed by atoms with van der Waals surface area (Å²) in [6, 6.07) is 6.27. The fourth-order valence-corrected chi connectivity index (χ4v) is 3.59. The molecule has 1 aliphatic carbocycles. The molecule has 4 heteroatoms. The Balaban J connectivity index is 1.78. The van der Waals surface area contributed by atoms with Crippen LogP contribution < -0.4 is 5.73 Å². The molecule has 0 spiro atoms. The van der Waals surface area contributed by atoms with Crippen LogP contribution in [0.4, 0.5) is 0 Å². The van der Waals surface area contributed by atoms with Crippen molar-refractivity contribution < 1.29 is 9.53 Å². The Morgan fingerprint density at radius 2 is 2.19 bits per heavy atom. The first kappa shape index (κ1) is 14.5. The second-order valence-electron chi connectivity index (χ2n) is 6.11. The first-order valence-electron chi connectivity index (χ1n) is 7.88. The lowest BCUT2D eigenvalue weighted by molar-refractivity contribution is 0.0139. The molecule has 114 valence electrons. The number of fused-ring (bicyclic) bond motifs is 1. The standard InChI is InChI=1S/C17H24N2O2/c1-21-16-7-8-19(15(10-16)11-18)17(20)14-6-5-12-3-2-4-13(12)9-14/h5-6,9,15-16H,2-4,7-8,10-11,18H2,1H3. The Bertz CT molecular complexity index is 530. The molecule has 0 saturated carbocycles. The van der Waals surface area contributed by atoms with E-state index in [-0.39, 0.29) is 18.1 Å². The minimum absolute atomic E-state index is 0.0875. The fraction of sp³-hybridized carbons (Fsp3) is 0.588. The third-order valence-corrected chi connectivity index (χ3v) is 4.88. The quantitative estimate of drug-likeness (QED) is 0.922. The molecule has 21 heavy (non-hydrogen) atoms. The minimum atomic E-state index is 0.0875. The maximum Gasteiger partial charge on any atom is 0.254 e. The molecule has 0 aromatic heterocycles. The molecule has 1 aromatic rings. The van der Waals surface area contributed by atoms with Gasteiger partial charge in [0.25, 0.3) is 5.91 Å². The molecular weight excluding hydrogens is 264 g/mol. The van der Waals surface area contributed by atoms with Crippen molar-refractivity contribution >= 4 is 5.91 Å². The number of benzene rings is 1. The van der Waals surface area contributed by atoms with Gasteiger partial charge in [-0.3, -0.25) is 4.79 Å². The maximum absolute atomic E-state index is 12.8. The Hall–Kier alpha value is -1.39. The molecule has 1 amide bonds. The lowest BCUT2D eigenvalue weighted by atomic mass is 9.97. The molecule has 1 aromatic carbocycles. The van der Waals surface area contributed by atoms with Crippen molar-refractivity contribution in [1.29, 1.82) is 0 Å². The van der Waals surface area contributed by atoms with Gasteiger partial charge >= 0.3 is 0 Å². The van der Waals surface area contributed by atoms with Crippen molar-refractivity contribution in [3.8, 4) is 0 Å². The van der Waals surface area contributed by atoms with Crippen molar-refractivity contribution in [2.45, 2.75) is 44.2 Å². The van der Waals surface area contributed by atoms with Crippen LogP contribution in [0.25, 0.3) is 0 Å². The number of rotatable bonds is 3. The summed E-state index contributed by atoms with van der Waals surface area (Å²) < 4.78 is 5.42. The predicted molar refractivity (Wildman–Crippen MR) is 82.4 cm³/mol. The highest BCUT2D eigenvalue weighted by Crippen LogP contribution is 2.25. The number of carbonyl (C=O) groups excluding carboxylic acids is 1. The predicted octanol–water partition coefficient (Wildman–Crippen LogP) is 1.75. The SMILES string of the molecule is COC1CCN(C(=O)c2ccc3c(c2)CCC3)C(CN)C1. The first-order chi connectivity index (χ1) is 10.2. The smallest absolute Gasteiger partial charge is 0.254 e. The summed E-state index contributed by atoms with van der Waals surface area (Å²) in [6.07, 6.45) is 5.41. The molecule has 2 aliphatic rings. The lowest BCUT2D eigenvalue weighted by Gasteiger charge is -2.38. The van der Waals surface area contributed by atoms with Gasteiger partial charge in [0.2, 0.25) is 0 Å². The van der Waals surface area contributed by atoms with Gasteiger partial charge in [0.15, 0.2) is 0 Å². The van der Waals surface area contributed by atoms with Crippen molar-refractivity contribution in [2.75, 3.05) is 20.2 Å². The van der Waals surface area contributed by atoms with Gasteiger partial charge in [0, 0.05) is 31.8 Å². The van der Waals surface area contributed by atoms with Crippen LogP contribution in [0.2, 0.25) is 0 Å². The summed E-state index contributed by atoms with van der Waals surface area (Å²) in [5.74, 6) is 0.120. The molecule has 2 N–H and O–H groups in total. The maximum atomic E-state index is 12.8. The van der Waals surface area contributed by atoms with Crippen LogP contribution in [0.15, 0.2) is 18.2 Å². The van der Waals surface area contributed by atoms with E-state index in [1.807, 2.05) is 11.0 Å². The zero-order valence-electron chi connectivity index (χ0n) is 12.7. The summed E-state index contributed by atoms with van der Waals surface area (Å²) in [5, 5.41) is 0. The number of likely N-dealkylation sites (tertiary alicyclic amines) is 1. The second kappa shape index (κ2) is 6.16. The highest BCUT2D eigenvalue weighted by molar-refractivity contribution is 5.94.